The average Bonchev–Trinajstić information content (AvgIpc) is 3.02. The maximum absolute atomic E-state index is 12.2. The van der Waals surface area contributed by atoms with E-state index in [2.05, 4.69) is 36.3 Å². The number of aromatic nitrogens is 4. The van der Waals surface area contributed by atoms with Crippen LogP contribution in [0.4, 0.5) is 5.69 Å². The highest BCUT2D eigenvalue weighted by atomic mass is 79.9. The summed E-state index contributed by atoms with van der Waals surface area (Å²) in [6.45, 7) is 2.90. The minimum Gasteiger partial charge on any atom is -0.383 e. The fraction of sp³-hybridized carbons (Fsp3) is 0.462. The molecule has 114 valence electrons. The minimum atomic E-state index is -0.189. The zero-order valence-electron chi connectivity index (χ0n) is 12.0. The van der Waals surface area contributed by atoms with Crippen molar-refractivity contribution in [1.29, 1.82) is 0 Å². The smallest absolute Gasteiger partial charge is 0.283 e. The maximum Gasteiger partial charge on any atom is 0.283 e. The van der Waals surface area contributed by atoms with Crippen LogP contribution in [0.25, 0.3) is 0 Å². The third-order valence-electron chi connectivity index (χ3n) is 3.08. The molecule has 0 fully saturated rings. The number of nitrogens with zero attached hydrogens (tertiary/aromatic N) is 3. The highest BCUT2D eigenvalue weighted by Gasteiger charge is 2.15. The van der Waals surface area contributed by atoms with Gasteiger partial charge in [0.05, 0.1) is 31.1 Å². The van der Waals surface area contributed by atoms with Gasteiger partial charge in [-0.2, -0.15) is 5.10 Å². The van der Waals surface area contributed by atoms with Crippen molar-refractivity contribution in [2.45, 2.75) is 25.9 Å². The van der Waals surface area contributed by atoms with Crippen molar-refractivity contribution in [2.24, 2.45) is 0 Å². The van der Waals surface area contributed by atoms with Crippen LogP contribution in [-0.2, 0) is 11.3 Å². The van der Waals surface area contributed by atoms with E-state index in [1.165, 1.54) is 4.68 Å². The SMILES string of the molecule is CCC(Nc1cnn(CCOC)c(=O)c1Br)c1ncc[nH]1. The lowest BCUT2D eigenvalue weighted by atomic mass is 10.2. The Hall–Kier alpha value is -1.67. The van der Waals surface area contributed by atoms with Crippen LogP contribution in [-0.4, -0.2) is 33.5 Å². The number of aromatic amines is 1. The normalized spacial score (nSPS) is 12.3. The van der Waals surface area contributed by atoms with Gasteiger partial charge in [-0.05, 0) is 22.4 Å². The molecule has 0 radical (unpaired) electrons. The van der Waals surface area contributed by atoms with Gasteiger partial charge >= 0.3 is 0 Å². The van der Waals surface area contributed by atoms with Gasteiger partial charge in [-0.1, -0.05) is 6.92 Å². The minimum absolute atomic E-state index is 0.00711. The zero-order valence-corrected chi connectivity index (χ0v) is 13.6. The lowest BCUT2D eigenvalue weighted by molar-refractivity contribution is 0.181. The second-order valence-corrected chi connectivity index (χ2v) is 5.27. The predicted octanol–water partition coefficient (Wildman–Crippen LogP) is 1.94. The van der Waals surface area contributed by atoms with Gasteiger partial charge in [-0.15, -0.1) is 0 Å². The topological polar surface area (TPSA) is 84.8 Å². The number of H-pyrrole nitrogens is 1. The molecule has 2 aromatic heterocycles. The summed E-state index contributed by atoms with van der Waals surface area (Å²) in [6, 6.07) is -0.00711. The molecule has 1 unspecified atom stereocenters. The Morgan fingerprint density at radius 1 is 1.57 bits per heavy atom. The summed E-state index contributed by atoms with van der Waals surface area (Å²) in [7, 11) is 1.59. The molecular weight excluding hydrogens is 338 g/mol. The average molecular weight is 356 g/mol. The van der Waals surface area contributed by atoms with Crippen molar-refractivity contribution in [3.8, 4) is 0 Å². The fourth-order valence-corrected chi connectivity index (χ4v) is 2.34. The molecule has 0 spiro atoms. The summed E-state index contributed by atoms with van der Waals surface area (Å²) in [5.74, 6) is 0.827. The molecule has 0 aliphatic carbocycles. The van der Waals surface area contributed by atoms with E-state index in [1.807, 2.05) is 6.92 Å². The van der Waals surface area contributed by atoms with Crippen molar-refractivity contribution < 1.29 is 4.74 Å². The van der Waals surface area contributed by atoms with Crippen molar-refractivity contribution in [2.75, 3.05) is 19.0 Å². The number of rotatable bonds is 7. The first kappa shape index (κ1) is 15.7. The molecule has 2 aromatic rings. The van der Waals surface area contributed by atoms with Crippen molar-refractivity contribution in [1.82, 2.24) is 19.7 Å². The Morgan fingerprint density at radius 2 is 2.38 bits per heavy atom. The van der Waals surface area contributed by atoms with Gasteiger partial charge in [0.25, 0.3) is 5.56 Å². The molecule has 0 bridgehead atoms. The van der Waals surface area contributed by atoms with E-state index in [9.17, 15) is 4.79 Å². The molecule has 7 nitrogen and oxygen atoms in total. The maximum atomic E-state index is 12.2. The Bertz CT molecular complexity index is 626. The highest BCUT2D eigenvalue weighted by Crippen LogP contribution is 2.23. The van der Waals surface area contributed by atoms with Gasteiger partial charge in [0.15, 0.2) is 0 Å². The van der Waals surface area contributed by atoms with Gasteiger partial charge in [-0.25, -0.2) is 9.67 Å². The van der Waals surface area contributed by atoms with Gasteiger partial charge in [0.2, 0.25) is 0 Å². The molecule has 0 saturated heterocycles. The van der Waals surface area contributed by atoms with Gasteiger partial charge in [0, 0.05) is 19.5 Å². The van der Waals surface area contributed by atoms with Crippen LogP contribution in [0, 0.1) is 0 Å². The van der Waals surface area contributed by atoms with Crippen molar-refractivity contribution in [3.63, 3.8) is 0 Å². The fourth-order valence-electron chi connectivity index (χ4n) is 1.92. The molecule has 0 aliphatic rings. The molecule has 2 rings (SSSR count). The van der Waals surface area contributed by atoms with Crippen molar-refractivity contribution in [3.05, 3.63) is 39.2 Å². The summed E-state index contributed by atoms with van der Waals surface area (Å²) in [5.41, 5.74) is 0.461. The zero-order chi connectivity index (χ0) is 15.2. The largest absolute Gasteiger partial charge is 0.383 e. The number of hydrogen-bond donors (Lipinski definition) is 2. The molecule has 0 amide bonds. The summed E-state index contributed by atoms with van der Waals surface area (Å²) >= 11 is 3.34. The number of halogens is 1. The Kier molecular flexibility index (Phi) is 5.51. The summed E-state index contributed by atoms with van der Waals surface area (Å²) in [4.78, 5) is 19.5. The van der Waals surface area contributed by atoms with Crippen LogP contribution >= 0.6 is 15.9 Å². The van der Waals surface area contributed by atoms with Gasteiger partial charge in [-0.3, -0.25) is 4.79 Å². The quantitative estimate of drug-likeness (QED) is 0.792. The molecular formula is C13H18BrN5O2. The van der Waals surface area contributed by atoms with Crippen LogP contribution in [0.5, 0.6) is 0 Å². The number of hydrogen-bond acceptors (Lipinski definition) is 5. The van der Waals surface area contributed by atoms with Crippen LogP contribution in [0.2, 0.25) is 0 Å². The molecule has 21 heavy (non-hydrogen) atoms. The number of nitrogens with one attached hydrogen (secondary N) is 2. The summed E-state index contributed by atoms with van der Waals surface area (Å²) in [6.07, 6.45) is 5.94. The molecule has 0 aromatic carbocycles. The molecule has 8 heteroatoms. The molecule has 1 atom stereocenters. The second kappa shape index (κ2) is 7.37. The van der Waals surface area contributed by atoms with E-state index >= 15 is 0 Å². The predicted molar refractivity (Wildman–Crippen MR) is 83.3 cm³/mol. The van der Waals surface area contributed by atoms with Crippen LogP contribution in [0.1, 0.15) is 25.2 Å². The monoisotopic (exact) mass is 355 g/mol. The summed E-state index contributed by atoms with van der Waals surface area (Å²) < 4.78 is 6.78. The van der Waals surface area contributed by atoms with E-state index < -0.39 is 0 Å². The van der Waals surface area contributed by atoms with Gasteiger partial charge < -0.3 is 15.0 Å². The van der Waals surface area contributed by atoms with Crippen LogP contribution in [0.15, 0.2) is 27.9 Å². The van der Waals surface area contributed by atoms with Crippen LogP contribution < -0.4 is 10.9 Å². The van der Waals surface area contributed by atoms with E-state index in [1.54, 1.807) is 25.7 Å². The third kappa shape index (κ3) is 3.70. The van der Waals surface area contributed by atoms with Crippen molar-refractivity contribution >= 4 is 21.6 Å². The first-order chi connectivity index (χ1) is 10.2. The Balaban J connectivity index is 2.20. The number of anilines is 1. The van der Waals surface area contributed by atoms with E-state index in [4.69, 9.17) is 4.74 Å². The number of methoxy groups -OCH3 is 1. The second-order valence-electron chi connectivity index (χ2n) is 4.47. The van der Waals surface area contributed by atoms with E-state index in [0.717, 1.165) is 12.2 Å². The standard InChI is InChI=1S/C13H18BrN5O2/c1-3-9(12-15-4-5-16-12)18-10-8-17-19(6-7-21-2)13(20)11(10)14/h4-5,8-9,18H,3,6-7H2,1-2H3,(H,15,16). The molecule has 2 heterocycles. The number of imidazole rings is 1. The Labute approximate surface area is 130 Å². The first-order valence-corrected chi connectivity index (χ1v) is 7.47. The van der Waals surface area contributed by atoms with Crippen LogP contribution in [0.3, 0.4) is 0 Å². The van der Waals surface area contributed by atoms with E-state index in [-0.39, 0.29) is 11.6 Å². The third-order valence-corrected chi connectivity index (χ3v) is 3.85. The molecule has 2 N–H and O–H groups in total. The molecule has 0 saturated carbocycles. The molecule has 0 aliphatic heterocycles. The highest BCUT2D eigenvalue weighted by molar-refractivity contribution is 9.10. The Morgan fingerprint density at radius 3 is 3.00 bits per heavy atom. The van der Waals surface area contributed by atoms with E-state index in [0.29, 0.717) is 23.3 Å². The summed E-state index contributed by atoms with van der Waals surface area (Å²) in [5, 5.41) is 7.42. The number of ether oxygens (including phenoxy) is 1. The lowest BCUT2D eigenvalue weighted by Crippen LogP contribution is -2.26. The first-order valence-electron chi connectivity index (χ1n) is 6.67. The van der Waals surface area contributed by atoms with Gasteiger partial charge in [0.1, 0.15) is 10.3 Å². The lowest BCUT2D eigenvalue weighted by Gasteiger charge is -2.17.